The number of nitrogens with one attached hydrogen (secondary N) is 1. The molecule has 39 heavy (non-hydrogen) atoms. The van der Waals surface area contributed by atoms with Crippen molar-refractivity contribution in [2.24, 2.45) is 0 Å². The molecule has 0 spiro atoms. The smallest absolute Gasteiger partial charge is 0.244 e. The number of hydrogen-bond donors (Lipinski definition) is 1. The van der Waals surface area contributed by atoms with Gasteiger partial charge < -0.3 is 10.2 Å². The number of sulfonamides is 1. The third-order valence-corrected chi connectivity index (χ3v) is 7.97. The van der Waals surface area contributed by atoms with E-state index in [4.69, 9.17) is 0 Å². The first kappa shape index (κ1) is 30.8. The molecule has 0 aliphatic carbocycles. The molecule has 0 heterocycles. The van der Waals surface area contributed by atoms with E-state index < -0.39 is 34.1 Å². The molecule has 0 aromatic heterocycles. The van der Waals surface area contributed by atoms with Crippen molar-refractivity contribution in [3.8, 4) is 0 Å². The number of nitrogens with zero attached hydrogens (tertiary/aromatic N) is 2. The van der Waals surface area contributed by atoms with E-state index in [9.17, 15) is 18.0 Å². The molecule has 0 fully saturated rings. The third kappa shape index (κ3) is 9.47. The maximum absolute atomic E-state index is 14.1. The Labute approximate surface area is 247 Å². The van der Waals surface area contributed by atoms with Crippen LogP contribution in [-0.4, -0.2) is 49.5 Å². The molecule has 7 nitrogen and oxygen atoms in total. The highest BCUT2D eigenvalue weighted by Crippen LogP contribution is 2.23. The van der Waals surface area contributed by atoms with Crippen LogP contribution in [0.2, 0.25) is 0 Å². The maximum Gasteiger partial charge on any atom is 0.244 e. The number of hydrogen-bond acceptors (Lipinski definition) is 4. The molecule has 0 unspecified atom stereocenters. The molecule has 3 aromatic carbocycles. The summed E-state index contributed by atoms with van der Waals surface area (Å²) in [7, 11) is -3.81. The van der Waals surface area contributed by atoms with E-state index in [0.717, 1.165) is 30.6 Å². The summed E-state index contributed by atoms with van der Waals surface area (Å²) in [5.41, 5.74) is 1.50. The standard InChI is InChI=1S/C29H33Br2N3O4S/c1-29(2,3)32-28(36)26(18-21-9-6-5-7-10-21)33(19-22-11-8-12-24(31)17-22)27(35)20-34(39(4,37)38)25-15-13-23(30)14-16-25/h5-17,26H,18-20H2,1-4H3,(H,32,36)/t26-/m1/s1. The number of halogens is 2. The first-order valence-electron chi connectivity index (χ1n) is 12.4. The van der Waals surface area contributed by atoms with Gasteiger partial charge in [-0.1, -0.05) is 74.3 Å². The van der Waals surface area contributed by atoms with Gasteiger partial charge in [0.1, 0.15) is 12.6 Å². The zero-order valence-corrected chi connectivity index (χ0v) is 26.4. The Morgan fingerprint density at radius 3 is 2.05 bits per heavy atom. The van der Waals surface area contributed by atoms with Crippen molar-refractivity contribution in [1.29, 1.82) is 0 Å². The van der Waals surface area contributed by atoms with Crippen LogP contribution in [0.4, 0.5) is 5.69 Å². The van der Waals surface area contributed by atoms with Crippen LogP contribution in [0.15, 0.2) is 87.8 Å². The van der Waals surface area contributed by atoms with Crippen LogP contribution in [0.5, 0.6) is 0 Å². The summed E-state index contributed by atoms with van der Waals surface area (Å²) >= 11 is 6.84. The number of anilines is 1. The van der Waals surface area contributed by atoms with Gasteiger partial charge in [-0.3, -0.25) is 13.9 Å². The highest BCUT2D eigenvalue weighted by molar-refractivity contribution is 9.10. The summed E-state index contributed by atoms with van der Waals surface area (Å²) in [6.45, 7) is 5.30. The van der Waals surface area contributed by atoms with Gasteiger partial charge in [0.05, 0.1) is 11.9 Å². The van der Waals surface area contributed by atoms with Crippen LogP contribution >= 0.6 is 31.9 Å². The van der Waals surface area contributed by atoms with Crippen LogP contribution in [0.25, 0.3) is 0 Å². The summed E-state index contributed by atoms with van der Waals surface area (Å²) in [4.78, 5) is 29.2. The fourth-order valence-corrected chi connectivity index (χ4v) is 5.62. The Morgan fingerprint density at radius 2 is 1.49 bits per heavy atom. The number of benzene rings is 3. The second-order valence-electron chi connectivity index (χ2n) is 10.3. The molecule has 2 amide bonds. The van der Waals surface area contributed by atoms with Gasteiger partial charge in [0, 0.05) is 27.4 Å². The van der Waals surface area contributed by atoms with E-state index in [0.29, 0.717) is 5.69 Å². The van der Waals surface area contributed by atoms with Crippen LogP contribution in [-0.2, 0) is 32.6 Å². The molecule has 0 aliphatic heterocycles. The largest absolute Gasteiger partial charge is 0.350 e. The molecule has 0 radical (unpaired) electrons. The summed E-state index contributed by atoms with van der Waals surface area (Å²) in [6.07, 6.45) is 1.33. The Hall–Kier alpha value is -2.69. The van der Waals surface area contributed by atoms with Crippen molar-refractivity contribution < 1.29 is 18.0 Å². The van der Waals surface area contributed by atoms with Crippen molar-refractivity contribution in [3.63, 3.8) is 0 Å². The van der Waals surface area contributed by atoms with E-state index in [-0.39, 0.29) is 18.9 Å². The maximum atomic E-state index is 14.1. The quantitative estimate of drug-likeness (QED) is 0.306. The van der Waals surface area contributed by atoms with Gasteiger partial charge in [0.25, 0.3) is 0 Å². The molecule has 208 valence electrons. The van der Waals surface area contributed by atoms with Gasteiger partial charge in [-0.05, 0) is 68.3 Å². The molecular formula is C29H33Br2N3O4S. The average molecular weight is 679 g/mol. The Bertz CT molecular complexity index is 1390. The topological polar surface area (TPSA) is 86.8 Å². The number of carbonyl (C=O) groups excluding carboxylic acids is 2. The number of amides is 2. The van der Waals surface area contributed by atoms with Gasteiger partial charge in [0.2, 0.25) is 21.8 Å². The highest BCUT2D eigenvalue weighted by atomic mass is 79.9. The van der Waals surface area contributed by atoms with Gasteiger partial charge in [0.15, 0.2) is 0 Å². The minimum Gasteiger partial charge on any atom is -0.350 e. The van der Waals surface area contributed by atoms with Crippen LogP contribution in [0.1, 0.15) is 31.9 Å². The minimum absolute atomic E-state index is 0.116. The van der Waals surface area contributed by atoms with Gasteiger partial charge >= 0.3 is 0 Å². The monoisotopic (exact) mass is 677 g/mol. The second kappa shape index (κ2) is 13.1. The second-order valence-corrected chi connectivity index (χ2v) is 14.1. The predicted molar refractivity (Wildman–Crippen MR) is 163 cm³/mol. The molecule has 0 bridgehead atoms. The fraction of sp³-hybridized carbons (Fsp3) is 0.310. The fourth-order valence-electron chi connectivity index (χ4n) is 4.06. The van der Waals surface area contributed by atoms with Crippen molar-refractivity contribution in [1.82, 2.24) is 10.2 Å². The molecule has 0 saturated carbocycles. The van der Waals surface area contributed by atoms with Crippen LogP contribution in [0, 0.1) is 0 Å². The average Bonchev–Trinajstić information content (AvgIpc) is 2.84. The van der Waals surface area contributed by atoms with E-state index in [1.807, 2.05) is 75.4 Å². The minimum atomic E-state index is -3.81. The normalized spacial score (nSPS) is 12.5. The molecule has 1 atom stereocenters. The highest BCUT2D eigenvalue weighted by Gasteiger charge is 2.34. The lowest BCUT2D eigenvalue weighted by atomic mass is 10.0. The molecule has 3 aromatic rings. The molecule has 0 saturated heterocycles. The summed E-state index contributed by atoms with van der Waals surface area (Å²) < 4.78 is 28.3. The lowest BCUT2D eigenvalue weighted by molar-refractivity contribution is -0.140. The van der Waals surface area contributed by atoms with E-state index in [2.05, 4.69) is 37.2 Å². The third-order valence-electron chi connectivity index (χ3n) is 5.81. The Kier molecular flexibility index (Phi) is 10.4. The first-order chi connectivity index (χ1) is 18.2. The molecule has 1 N–H and O–H groups in total. The molecule has 3 rings (SSSR count). The molecule has 10 heteroatoms. The Morgan fingerprint density at radius 1 is 0.872 bits per heavy atom. The first-order valence-corrected chi connectivity index (χ1v) is 15.8. The van der Waals surface area contributed by atoms with Crippen molar-refractivity contribution >= 4 is 59.4 Å². The van der Waals surface area contributed by atoms with E-state index in [1.165, 1.54) is 4.90 Å². The van der Waals surface area contributed by atoms with Gasteiger partial charge in [-0.25, -0.2) is 8.42 Å². The summed E-state index contributed by atoms with van der Waals surface area (Å²) in [5.74, 6) is -0.808. The zero-order chi connectivity index (χ0) is 28.8. The van der Waals surface area contributed by atoms with Crippen molar-refractivity contribution in [2.45, 2.75) is 45.3 Å². The van der Waals surface area contributed by atoms with Gasteiger partial charge in [-0.2, -0.15) is 0 Å². The van der Waals surface area contributed by atoms with Crippen molar-refractivity contribution in [3.05, 3.63) is 98.9 Å². The number of rotatable bonds is 10. The summed E-state index contributed by atoms with van der Waals surface area (Å²) in [5, 5.41) is 3.01. The predicted octanol–water partition coefficient (Wildman–Crippen LogP) is 5.53. The van der Waals surface area contributed by atoms with E-state index >= 15 is 0 Å². The number of carbonyl (C=O) groups is 2. The molecule has 0 aliphatic rings. The SMILES string of the molecule is CC(C)(C)NC(=O)[C@@H](Cc1ccccc1)N(Cc1cccc(Br)c1)C(=O)CN(c1ccc(Br)cc1)S(C)(=O)=O. The zero-order valence-electron chi connectivity index (χ0n) is 22.4. The van der Waals surface area contributed by atoms with E-state index in [1.54, 1.807) is 24.3 Å². The summed E-state index contributed by atoms with van der Waals surface area (Å²) in [6, 6.07) is 22.8. The Balaban J connectivity index is 2.07. The van der Waals surface area contributed by atoms with Crippen LogP contribution < -0.4 is 9.62 Å². The molecular weight excluding hydrogens is 646 g/mol. The van der Waals surface area contributed by atoms with Crippen LogP contribution in [0.3, 0.4) is 0 Å². The van der Waals surface area contributed by atoms with Crippen molar-refractivity contribution in [2.75, 3.05) is 17.1 Å². The van der Waals surface area contributed by atoms with Gasteiger partial charge in [-0.15, -0.1) is 0 Å². The lowest BCUT2D eigenvalue weighted by Crippen LogP contribution is -2.56. The lowest BCUT2D eigenvalue weighted by Gasteiger charge is -2.35.